The first kappa shape index (κ1) is 20.0. The molecule has 2 aliphatic heterocycles. The van der Waals surface area contributed by atoms with E-state index < -0.39 is 0 Å². The summed E-state index contributed by atoms with van der Waals surface area (Å²) in [7, 11) is 0. The summed E-state index contributed by atoms with van der Waals surface area (Å²) >= 11 is 12.2. The van der Waals surface area contributed by atoms with E-state index in [2.05, 4.69) is 22.8 Å². The van der Waals surface area contributed by atoms with Gasteiger partial charge in [0.1, 0.15) is 0 Å². The molecule has 3 nitrogen and oxygen atoms in total. The topological polar surface area (TPSA) is 23.6 Å². The van der Waals surface area contributed by atoms with Crippen LogP contribution in [0.5, 0.6) is 0 Å². The van der Waals surface area contributed by atoms with Crippen molar-refractivity contribution in [3.8, 4) is 0 Å². The predicted octanol–water partition coefficient (Wildman–Crippen LogP) is 5.35. The van der Waals surface area contributed by atoms with Gasteiger partial charge < -0.3 is 9.80 Å². The molecule has 0 saturated carbocycles. The SMILES string of the molecule is CCC(=O)N1C2CCCC1CN(CCC(C)c1ccc(Cl)c(Cl)c1)CC2. The van der Waals surface area contributed by atoms with Gasteiger partial charge in [0.15, 0.2) is 0 Å². The summed E-state index contributed by atoms with van der Waals surface area (Å²) in [6.07, 6.45) is 6.43. The van der Waals surface area contributed by atoms with Crippen LogP contribution in [0.25, 0.3) is 0 Å². The van der Waals surface area contributed by atoms with Crippen molar-refractivity contribution in [1.82, 2.24) is 9.80 Å². The third-order valence-electron chi connectivity index (χ3n) is 6.09. The number of carbonyl (C=O) groups is 1. The molecule has 3 unspecified atom stereocenters. The second kappa shape index (κ2) is 8.95. The van der Waals surface area contributed by atoms with Crippen molar-refractivity contribution in [3.63, 3.8) is 0 Å². The minimum Gasteiger partial charge on any atom is -0.335 e. The Kier molecular flexibility index (Phi) is 6.87. The molecule has 2 bridgehead atoms. The molecule has 1 amide bonds. The molecule has 0 spiro atoms. The molecular formula is C21H30Cl2N2O. The van der Waals surface area contributed by atoms with Crippen LogP contribution < -0.4 is 0 Å². The van der Waals surface area contributed by atoms with Gasteiger partial charge in [-0.15, -0.1) is 0 Å². The Morgan fingerprint density at radius 2 is 1.96 bits per heavy atom. The number of amides is 1. The second-order valence-corrected chi connectivity index (χ2v) is 8.66. The van der Waals surface area contributed by atoms with Gasteiger partial charge in [-0.05, 0) is 62.3 Å². The monoisotopic (exact) mass is 396 g/mol. The van der Waals surface area contributed by atoms with Crippen LogP contribution in [-0.2, 0) is 4.79 Å². The van der Waals surface area contributed by atoms with E-state index in [-0.39, 0.29) is 0 Å². The van der Waals surface area contributed by atoms with Gasteiger partial charge in [-0.2, -0.15) is 0 Å². The van der Waals surface area contributed by atoms with Crippen molar-refractivity contribution >= 4 is 29.1 Å². The zero-order valence-electron chi connectivity index (χ0n) is 15.9. The van der Waals surface area contributed by atoms with Gasteiger partial charge in [-0.25, -0.2) is 0 Å². The Morgan fingerprint density at radius 1 is 1.19 bits per heavy atom. The van der Waals surface area contributed by atoms with Crippen molar-refractivity contribution in [1.29, 1.82) is 0 Å². The molecule has 2 fully saturated rings. The molecule has 144 valence electrons. The predicted molar refractivity (Wildman–Crippen MR) is 109 cm³/mol. The summed E-state index contributed by atoms with van der Waals surface area (Å²) in [6, 6.07) is 6.82. The third-order valence-corrected chi connectivity index (χ3v) is 6.83. The number of hydrogen-bond donors (Lipinski definition) is 0. The Hall–Kier alpha value is -0.770. The molecule has 26 heavy (non-hydrogen) atoms. The van der Waals surface area contributed by atoms with Crippen molar-refractivity contribution < 1.29 is 4.79 Å². The van der Waals surface area contributed by atoms with E-state index in [1.165, 1.54) is 18.4 Å². The molecule has 1 aromatic carbocycles. The van der Waals surface area contributed by atoms with E-state index in [1.807, 2.05) is 19.1 Å². The summed E-state index contributed by atoms with van der Waals surface area (Å²) in [5.41, 5.74) is 1.25. The van der Waals surface area contributed by atoms with Gasteiger partial charge in [0.2, 0.25) is 5.91 Å². The summed E-state index contributed by atoms with van der Waals surface area (Å²) in [4.78, 5) is 17.2. The Morgan fingerprint density at radius 3 is 2.69 bits per heavy atom. The average Bonchev–Trinajstić information content (AvgIpc) is 2.74. The van der Waals surface area contributed by atoms with Crippen LogP contribution in [0.3, 0.4) is 0 Å². The van der Waals surface area contributed by atoms with Gasteiger partial charge in [-0.1, -0.05) is 43.1 Å². The highest BCUT2D eigenvalue weighted by molar-refractivity contribution is 6.42. The molecule has 0 N–H and O–H groups in total. The fraction of sp³-hybridized carbons (Fsp3) is 0.667. The molecule has 3 atom stereocenters. The minimum absolute atomic E-state index is 0.339. The van der Waals surface area contributed by atoms with E-state index in [4.69, 9.17) is 23.2 Å². The van der Waals surface area contributed by atoms with E-state index in [0.29, 0.717) is 40.4 Å². The number of fused-ring (bicyclic) bond motifs is 2. The molecule has 2 saturated heterocycles. The normalized spacial score (nSPS) is 25.0. The van der Waals surface area contributed by atoms with Gasteiger partial charge in [0.05, 0.1) is 10.0 Å². The maximum Gasteiger partial charge on any atom is 0.222 e. The first-order valence-corrected chi connectivity index (χ1v) is 10.7. The Labute approximate surface area is 167 Å². The van der Waals surface area contributed by atoms with Crippen LogP contribution >= 0.6 is 23.2 Å². The fourth-order valence-corrected chi connectivity index (χ4v) is 4.81. The number of hydrogen-bond acceptors (Lipinski definition) is 2. The third kappa shape index (κ3) is 4.55. The summed E-state index contributed by atoms with van der Waals surface area (Å²) in [5, 5.41) is 1.25. The summed E-state index contributed by atoms with van der Waals surface area (Å²) in [5.74, 6) is 0.784. The lowest BCUT2D eigenvalue weighted by Crippen LogP contribution is -2.51. The highest BCUT2D eigenvalue weighted by Crippen LogP contribution is 2.31. The molecule has 0 aromatic heterocycles. The van der Waals surface area contributed by atoms with Crippen LogP contribution in [-0.4, -0.2) is 47.4 Å². The lowest BCUT2D eigenvalue weighted by Gasteiger charge is -2.40. The highest BCUT2D eigenvalue weighted by atomic mass is 35.5. The highest BCUT2D eigenvalue weighted by Gasteiger charge is 2.36. The lowest BCUT2D eigenvalue weighted by molar-refractivity contribution is -0.137. The smallest absolute Gasteiger partial charge is 0.222 e. The van der Waals surface area contributed by atoms with Gasteiger partial charge in [0.25, 0.3) is 0 Å². The van der Waals surface area contributed by atoms with Crippen molar-refractivity contribution in [2.24, 2.45) is 0 Å². The number of rotatable bonds is 5. The zero-order chi connectivity index (χ0) is 18.7. The van der Waals surface area contributed by atoms with E-state index in [1.54, 1.807) is 0 Å². The molecule has 5 heteroatoms. The number of piperidine rings is 1. The maximum absolute atomic E-state index is 12.4. The standard InChI is InChI=1S/C21H30Cl2N2O/c1-3-21(26)25-17-5-4-6-18(25)14-24(12-10-17)11-9-15(2)16-7-8-19(22)20(23)13-16/h7-8,13,15,17-18H,3-6,9-12,14H2,1-2H3. The molecule has 0 aliphatic carbocycles. The summed E-state index contributed by atoms with van der Waals surface area (Å²) < 4.78 is 0. The zero-order valence-corrected chi connectivity index (χ0v) is 17.4. The molecule has 0 radical (unpaired) electrons. The van der Waals surface area contributed by atoms with Crippen molar-refractivity contribution in [3.05, 3.63) is 33.8 Å². The van der Waals surface area contributed by atoms with Crippen LogP contribution in [0, 0.1) is 0 Å². The maximum atomic E-state index is 12.4. The van der Waals surface area contributed by atoms with Gasteiger partial charge in [-0.3, -0.25) is 4.79 Å². The largest absolute Gasteiger partial charge is 0.335 e. The van der Waals surface area contributed by atoms with Crippen molar-refractivity contribution in [2.75, 3.05) is 19.6 Å². The molecule has 2 aliphatic rings. The summed E-state index contributed by atoms with van der Waals surface area (Å²) in [6.45, 7) is 7.43. The van der Waals surface area contributed by atoms with Crippen LogP contribution in [0.2, 0.25) is 10.0 Å². The fourth-order valence-electron chi connectivity index (χ4n) is 4.50. The number of carbonyl (C=O) groups excluding carboxylic acids is 1. The van der Waals surface area contributed by atoms with Crippen molar-refractivity contribution in [2.45, 2.75) is 70.4 Å². The van der Waals surface area contributed by atoms with E-state index in [9.17, 15) is 4.79 Å². The minimum atomic E-state index is 0.339. The number of halogens is 2. The first-order chi connectivity index (χ1) is 12.5. The van der Waals surface area contributed by atoms with Crippen LogP contribution in [0.4, 0.5) is 0 Å². The van der Waals surface area contributed by atoms with Gasteiger partial charge >= 0.3 is 0 Å². The lowest BCUT2D eigenvalue weighted by atomic mass is 9.94. The second-order valence-electron chi connectivity index (χ2n) is 7.85. The Bertz CT molecular complexity index is 636. The first-order valence-electron chi connectivity index (χ1n) is 9.98. The Balaban J connectivity index is 1.60. The van der Waals surface area contributed by atoms with E-state index in [0.717, 1.165) is 38.9 Å². The quantitative estimate of drug-likeness (QED) is 0.669. The average molecular weight is 397 g/mol. The van der Waals surface area contributed by atoms with Crippen LogP contribution in [0.1, 0.15) is 63.9 Å². The molecule has 2 heterocycles. The van der Waals surface area contributed by atoms with Gasteiger partial charge in [0, 0.05) is 31.6 Å². The van der Waals surface area contributed by atoms with E-state index >= 15 is 0 Å². The molecule has 1 aromatic rings. The number of nitrogens with zero attached hydrogens (tertiary/aromatic N) is 2. The molecule has 3 rings (SSSR count). The molecular weight excluding hydrogens is 367 g/mol. The van der Waals surface area contributed by atoms with Crippen LogP contribution in [0.15, 0.2) is 18.2 Å². The number of benzene rings is 1.